The van der Waals surface area contributed by atoms with E-state index in [9.17, 15) is 9.59 Å². The van der Waals surface area contributed by atoms with Crippen LogP contribution in [-0.2, 0) is 9.53 Å². The first kappa shape index (κ1) is 17.8. The maximum atomic E-state index is 12.1. The molecule has 6 heteroatoms. The van der Waals surface area contributed by atoms with E-state index >= 15 is 0 Å². The topological polar surface area (TPSA) is 64.6 Å². The molecule has 0 radical (unpaired) electrons. The second-order valence-corrected chi connectivity index (χ2v) is 5.66. The highest BCUT2D eigenvalue weighted by Gasteiger charge is 2.19. The number of aryl methyl sites for hydroxylation is 1. The molecule has 2 aromatic carbocycles. The van der Waals surface area contributed by atoms with Gasteiger partial charge in [0.1, 0.15) is 5.75 Å². The Morgan fingerprint density at radius 2 is 1.79 bits per heavy atom. The molecule has 0 aromatic heterocycles. The number of carbonyl (C=O) groups is 2. The monoisotopic (exact) mass is 347 g/mol. The summed E-state index contributed by atoms with van der Waals surface area (Å²) < 4.78 is 10.2. The van der Waals surface area contributed by atoms with Crippen LogP contribution in [0.5, 0.6) is 5.75 Å². The fourth-order valence-corrected chi connectivity index (χ4v) is 2.22. The molecule has 1 unspecified atom stereocenters. The van der Waals surface area contributed by atoms with Gasteiger partial charge in [0, 0.05) is 5.69 Å². The van der Waals surface area contributed by atoms with Crippen LogP contribution in [0, 0.1) is 6.92 Å². The van der Waals surface area contributed by atoms with Gasteiger partial charge in [-0.25, -0.2) is 4.79 Å². The van der Waals surface area contributed by atoms with Crippen LogP contribution in [0.1, 0.15) is 22.8 Å². The van der Waals surface area contributed by atoms with Crippen molar-refractivity contribution in [2.24, 2.45) is 0 Å². The van der Waals surface area contributed by atoms with Gasteiger partial charge in [0.15, 0.2) is 6.10 Å². The lowest BCUT2D eigenvalue weighted by Gasteiger charge is -2.14. The molecule has 0 aliphatic carbocycles. The van der Waals surface area contributed by atoms with Crippen molar-refractivity contribution in [3.63, 3.8) is 0 Å². The summed E-state index contributed by atoms with van der Waals surface area (Å²) in [5, 5.41) is 3.02. The number of rotatable bonds is 5. The number of hydrogen-bond acceptors (Lipinski definition) is 4. The number of carbonyl (C=O) groups excluding carboxylic acids is 2. The van der Waals surface area contributed by atoms with E-state index in [1.54, 1.807) is 42.5 Å². The highest BCUT2D eigenvalue weighted by Crippen LogP contribution is 2.27. The first-order valence-electron chi connectivity index (χ1n) is 7.32. The minimum Gasteiger partial charge on any atom is -0.495 e. The standard InChI is InChI=1S/C18H18ClNO4/c1-11-4-6-13(7-5-11)18(22)24-12(2)17(21)20-14-8-9-16(23-3)15(19)10-14/h4-10,12H,1-3H3,(H,20,21). The smallest absolute Gasteiger partial charge is 0.338 e. The number of methoxy groups -OCH3 is 1. The number of hydrogen-bond donors (Lipinski definition) is 1. The number of esters is 1. The van der Waals surface area contributed by atoms with Crippen LogP contribution in [-0.4, -0.2) is 25.1 Å². The molecule has 2 aromatic rings. The molecule has 0 spiro atoms. The van der Waals surface area contributed by atoms with Crippen molar-refractivity contribution in [1.82, 2.24) is 0 Å². The van der Waals surface area contributed by atoms with Gasteiger partial charge >= 0.3 is 5.97 Å². The number of benzene rings is 2. The first-order chi connectivity index (χ1) is 11.4. The van der Waals surface area contributed by atoms with Crippen molar-refractivity contribution in [2.75, 3.05) is 12.4 Å². The van der Waals surface area contributed by atoms with E-state index in [4.69, 9.17) is 21.1 Å². The van der Waals surface area contributed by atoms with Gasteiger partial charge in [-0.1, -0.05) is 29.3 Å². The molecule has 1 atom stereocenters. The van der Waals surface area contributed by atoms with Gasteiger partial charge in [0.05, 0.1) is 17.7 Å². The average Bonchev–Trinajstić information content (AvgIpc) is 2.55. The van der Waals surface area contributed by atoms with E-state index in [0.717, 1.165) is 5.56 Å². The zero-order valence-electron chi connectivity index (χ0n) is 13.6. The van der Waals surface area contributed by atoms with Crippen LogP contribution in [0.3, 0.4) is 0 Å². The number of halogens is 1. The van der Waals surface area contributed by atoms with Gasteiger partial charge in [-0.2, -0.15) is 0 Å². The van der Waals surface area contributed by atoms with Gasteiger partial charge in [-0.15, -0.1) is 0 Å². The van der Waals surface area contributed by atoms with E-state index in [0.29, 0.717) is 22.0 Å². The molecule has 0 fully saturated rings. The number of amides is 1. The molecule has 24 heavy (non-hydrogen) atoms. The van der Waals surface area contributed by atoms with Crippen LogP contribution >= 0.6 is 11.6 Å². The minimum absolute atomic E-state index is 0.375. The highest BCUT2D eigenvalue weighted by molar-refractivity contribution is 6.32. The lowest BCUT2D eigenvalue weighted by atomic mass is 10.1. The van der Waals surface area contributed by atoms with E-state index in [1.165, 1.54) is 14.0 Å². The molecule has 0 aliphatic rings. The fourth-order valence-electron chi connectivity index (χ4n) is 1.96. The maximum absolute atomic E-state index is 12.1. The Morgan fingerprint density at radius 3 is 2.38 bits per heavy atom. The summed E-state index contributed by atoms with van der Waals surface area (Å²) in [7, 11) is 1.51. The fraction of sp³-hybridized carbons (Fsp3) is 0.222. The average molecular weight is 348 g/mol. The third-order valence-corrected chi connectivity index (χ3v) is 3.66. The summed E-state index contributed by atoms with van der Waals surface area (Å²) in [6.45, 7) is 3.43. The zero-order chi connectivity index (χ0) is 17.7. The van der Waals surface area contributed by atoms with Gasteiger partial charge in [-0.05, 0) is 44.2 Å². The van der Waals surface area contributed by atoms with Crippen molar-refractivity contribution in [2.45, 2.75) is 20.0 Å². The molecule has 0 aliphatic heterocycles. The largest absolute Gasteiger partial charge is 0.495 e. The van der Waals surface area contributed by atoms with Crippen LogP contribution in [0.15, 0.2) is 42.5 Å². The summed E-state index contributed by atoms with van der Waals surface area (Å²) in [6, 6.07) is 11.8. The van der Waals surface area contributed by atoms with E-state index < -0.39 is 18.0 Å². The second-order valence-electron chi connectivity index (χ2n) is 5.25. The predicted octanol–water partition coefficient (Wildman–Crippen LogP) is 3.84. The van der Waals surface area contributed by atoms with Gasteiger partial charge in [0.2, 0.25) is 0 Å². The number of anilines is 1. The van der Waals surface area contributed by atoms with Crippen molar-refractivity contribution in [1.29, 1.82) is 0 Å². The number of nitrogens with one attached hydrogen (secondary N) is 1. The van der Waals surface area contributed by atoms with Crippen LogP contribution < -0.4 is 10.1 Å². The summed E-state index contributed by atoms with van der Waals surface area (Å²) >= 11 is 6.01. The molecule has 0 bridgehead atoms. The van der Waals surface area contributed by atoms with Crippen molar-refractivity contribution in [3.8, 4) is 5.75 Å². The summed E-state index contributed by atoms with van der Waals surface area (Å²) in [4.78, 5) is 24.2. The van der Waals surface area contributed by atoms with Crippen molar-refractivity contribution >= 4 is 29.2 Å². The normalized spacial score (nSPS) is 11.5. The number of ether oxygens (including phenoxy) is 2. The van der Waals surface area contributed by atoms with Crippen molar-refractivity contribution in [3.05, 3.63) is 58.6 Å². The molecule has 1 N–H and O–H groups in total. The Hall–Kier alpha value is -2.53. The highest BCUT2D eigenvalue weighted by atomic mass is 35.5. The van der Waals surface area contributed by atoms with Crippen LogP contribution in [0.2, 0.25) is 5.02 Å². The quantitative estimate of drug-likeness (QED) is 0.834. The van der Waals surface area contributed by atoms with E-state index in [2.05, 4.69) is 5.32 Å². The molecule has 1 amide bonds. The molecule has 0 heterocycles. The third kappa shape index (κ3) is 4.49. The maximum Gasteiger partial charge on any atom is 0.338 e. The van der Waals surface area contributed by atoms with Crippen LogP contribution in [0.25, 0.3) is 0 Å². The molecule has 0 saturated carbocycles. The Labute approximate surface area is 145 Å². The lowest BCUT2D eigenvalue weighted by Crippen LogP contribution is -2.30. The zero-order valence-corrected chi connectivity index (χ0v) is 14.4. The second kappa shape index (κ2) is 7.84. The van der Waals surface area contributed by atoms with Crippen LogP contribution in [0.4, 0.5) is 5.69 Å². The Bertz CT molecular complexity index is 743. The van der Waals surface area contributed by atoms with Gasteiger partial charge in [0.25, 0.3) is 5.91 Å². The molecule has 2 rings (SSSR count). The van der Waals surface area contributed by atoms with Gasteiger partial charge < -0.3 is 14.8 Å². The Morgan fingerprint density at radius 1 is 1.12 bits per heavy atom. The summed E-state index contributed by atoms with van der Waals surface area (Å²) in [5.41, 5.74) is 1.92. The third-order valence-electron chi connectivity index (χ3n) is 3.36. The summed E-state index contributed by atoms with van der Waals surface area (Å²) in [6.07, 6.45) is -0.945. The molecule has 0 saturated heterocycles. The first-order valence-corrected chi connectivity index (χ1v) is 7.70. The molecule has 126 valence electrons. The Balaban J connectivity index is 1.98. The molecular weight excluding hydrogens is 330 g/mol. The predicted molar refractivity (Wildman–Crippen MR) is 92.7 cm³/mol. The molecule has 5 nitrogen and oxygen atoms in total. The summed E-state index contributed by atoms with van der Waals surface area (Å²) in [5.74, 6) is -0.490. The van der Waals surface area contributed by atoms with Crippen molar-refractivity contribution < 1.29 is 19.1 Å². The Kier molecular flexibility index (Phi) is 5.82. The SMILES string of the molecule is COc1ccc(NC(=O)C(C)OC(=O)c2ccc(C)cc2)cc1Cl. The molecular formula is C18H18ClNO4. The van der Waals surface area contributed by atoms with Gasteiger partial charge in [-0.3, -0.25) is 4.79 Å². The lowest BCUT2D eigenvalue weighted by molar-refractivity contribution is -0.123. The minimum atomic E-state index is -0.945. The van der Waals surface area contributed by atoms with E-state index in [1.807, 2.05) is 6.92 Å². The van der Waals surface area contributed by atoms with E-state index in [-0.39, 0.29) is 0 Å².